The predicted octanol–water partition coefficient (Wildman–Crippen LogP) is 3.70. The largest absolute Gasteiger partial charge is 0.378 e. The summed E-state index contributed by atoms with van der Waals surface area (Å²) in [6, 6.07) is 9.99. The molecule has 0 atom stereocenters. The van der Waals surface area contributed by atoms with Crippen LogP contribution >= 0.6 is 23.2 Å². The van der Waals surface area contributed by atoms with E-state index < -0.39 is 4.92 Å². The van der Waals surface area contributed by atoms with E-state index in [4.69, 9.17) is 27.9 Å². The number of morpholine rings is 1. The topological polar surface area (TPSA) is 79.2 Å². The van der Waals surface area contributed by atoms with Crippen LogP contribution in [0.15, 0.2) is 36.4 Å². The van der Waals surface area contributed by atoms with Crippen molar-refractivity contribution in [1.82, 2.24) is 4.90 Å². The number of non-ortho nitro benzene ring substituents is 1. The number of benzene rings is 2. The molecule has 2 aliphatic rings. The third-order valence-electron chi connectivity index (χ3n) is 5.61. The van der Waals surface area contributed by atoms with Gasteiger partial charge in [0, 0.05) is 57.1 Å². The van der Waals surface area contributed by atoms with E-state index in [1.54, 1.807) is 17.0 Å². The fourth-order valence-corrected chi connectivity index (χ4v) is 4.20. The molecule has 1 amide bonds. The summed E-state index contributed by atoms with van der Waals surface area (Å²) in [6.07, 6.45) is 0. The van der Waals surface area contributed by atoms with Crippen LogP contribution in [0.5, 0.6) is 0 Å². The van der Waals surface area contributed by atoms with Crippen LogP contribution in [0.1, 0.15) is 10.4 Å². The Morgan fingerprint density at radius 3 is 2.26 bits per heavy atom. The third kappa shape index (κ3) is 4.71. The van der Waals surface area contributed by atoms with Crippen LogP contribution in [0, 0.1) is 10.1 Å². The molecular weight excluding hydrogens is 443 g/mol. The molecule has 2 aliphatic heterocycles. The van der Waals surface area contributed by atoms with Gasteiger partial charge in [0.05, 0.1) is 39.4 Å². The van der Waals surface area contributed by atoms with E-state index in [9.17, 15) is 14.9 Å². The molecule has 2 fully saturated rings. The van der Waals surface area contributed by atoms with Crippen LogP contribution < -0.4 is 9.80 Å². The van der Waals surface area contributed by atoms with Gasteiger partial charge in [0.1, 0.15) is 0 Å². The summed E-state index contributed by atoms with van der Waals surface area (Å²) in [5, 5.41) is 12.3. The van der Waals surface area contributed by atoms with Gasteiger partial charge < -0.3 is 19.4 Å². The Morgan fingerprint density at radius 2 is 1.61 bits per heavy atom. The van der Waals surface area contributed by atoms with Crippen molar-refractivity contribution >= 4 is 46.2 Å². The normalized spacial score (nSPS) is 17.0. The minimum absolute atomic E-state index is 0.0881. The predicted molar refractivity (Wildman–Crippen MR) is 121 cm³/mol. The van der Waals surface area contributed by atoms with Crippen LogP contribution in [0.3, 0.4) is 0 Å². The van der Waals surface area contributed by atoms with Gasteiger partial charge in [-0.2, -0.15) is 0 Å². The number of ether oxygens (including phenoxy) is 1. The number of carbonyl (C=O) groups excluding carboxylic acids is 1. The molecule has 2 heterocycles. The Kier molecular flexibility index (Phi) is 6.50. The lowest BCUT2D eigenvalue weighted by atomic mass is 10.1. The van der Waals surface area contributed by atoms with Crippen molar-refractivity contribution in [2.45, 2.75) is 0 Å². The van der Waals surface area contributed by atoms with E-state index in [1.807, 2.05) is 17.0 Å². The molecule has 164 valence electrons. The first-order chi connectivity index (χ1) is 14.9. The maximum atomic E-state index is 13.4. The first-order valence-electron chi connectivity index (χ1n) is 10.0. The maximum absolute atomic E-state index is 13.4. The highest BCUT2D eigenvalue weighted by Crippen LogP contribution is 2.30. The summed E-state index contributed by atoms with van der Waals surface area (Å²) < 4.78 is 5.40. The Morgan fingerprint density at radius 1 is 0.903 bits per heavy atom. The zero-order chi connectivity index (χ0) is 22.0. The third-order valence-corrected chi connectivity index (χ3v) is 6.35. The highest BCUT2D eigenvalue weighted by molar-refractivity contribution is 6.42. The summed E-state index contributed by atoms with van der Waals surface area (Å²) in [5.74, 6) is -0.195. The van der Waals surface area contributed by atoms with Gasteiger partial charge in [0.15, 0.2) is 0 Å². The summed E-state index contributed by atoms with van der Waals surface area (Å²) in [7, 11) is 0. The van der Waals surface area contributed by atoms with Gasteiger partial charge in [-0.25, -0.2) is 0 Å². The molecule has 0 radical (unpaired) electrons. The number of halogens is 2. The van der Waals surface area contributed by atoms with Crippen LogP contribution in [0.25, 0.3) is 0 Å². The molecule has 4 rings (SSSR count). The molecule has 0 unspecified atom stereocenters. The van der Waals surface area contributed by atoms with Crippen LogP contribution in [0.2, 0.25) is 10.0 Å². The van der Waals surface area contributed by atoms with Crippen LogP contribution in [0.4, 0.5) is 17.1 Å². The molecule has 0 saturated carbocycles. The van der Waals surface area contributed by atoms with E-state index in [-0.39, 0.29) is 11.6 Å². The number of anilines is 2. The molecular formula is C21H22Cl2N4O4. The fraction of sp³-hybridized carbons (Fsp3) is 0.381. The number of nitrogens with zero attached hydrogens (tertiary/aromatic N) is 4. The molecule has 0 spiro atoms. The van der Waals surface area contributed by atoms with E-state index in [0.29, 0.717) is 73.8 Å². The highest BCUT2D eigenvalue weighted by atomic mass is 35.5. The van der Waals surface area contributed by atoms with Crippen LogP contribution in [-0.2, 0) is 4.74 Å². The van der Waals surface area contributed by atoms with Gasteiger partial charge in [0.25, 0.3) is 11.6 Å². The molecule has 0 N–H and O–H groups in total. The molecule has 10 heteroatoms. The smallest absolute Gasteiger partial charge is 0.270 e. The minimum atomic E-state index is -0.470. The maximum Gasteiger partial charge on any atom is 0.270 e. The van der Waals surface area contributed by atoms with Gasteiger partial charge >= 0.3 is 0 Å². The number of nitro benzene ring substituents is 1. The molecule has 8 nitrogen and oxygen atoms in total. The summed E-state index contributed by atoms with van der Waals surface area (Å²) >= 11 is 12.1. The van der Waals surface area contributed by atoms with Gasteiger partial charge in [-0.05, 0) is 24.3 Å². The lowest BCUT2D eigenvalue weighted by Gasteiger charge is -2.37. The van der Waals surface area contributed by atoms with Gasteiger partial charge in [-0.15, -0.1) is 0 Å². The molecule has 2 aromatic carbocycles. The van der Waals surface area contributed by atoms with E-state index >= 15 is 0 Å². The number of nitro groups is 1. The van der Waals surface area contributed by atoms with Gasteiger partial charge in [-0.3, -0.25) is 14.9 Å². The minimum Gasteiger partial charge on any atom is -0.378 e. The molecule has 0 aliphatic carbocycles. The monoisotopic (exact) mass is 464 g/mol. The summed E-state index contributed by atoms with van der Waals surface area (Å²) in [4.78, 5) is 30.1. The molecule has 0 bridgehead atoms. The van der Waals surface area contributed by atoms with E-state index in [0.717, 1.165) is 5.69 Å². The van der Waals surface area contributed by atoms with E-state index in [1.165, 1.54) is 12.1 Å². The average molecular weight is 465 g/mol. The number of carbonyl (C=O) groups is 1. The lowest BCUT2D eigenvalue weighted by molar-refractivity contribution is -0.384. The van der Waals surface area contributed by atoms with Gasteiger partial charge in [0.2, 0.25) is 0 Å². The zero-order valence-corrected chi connectivity index (χ0v) is 18.3. The van der Waals surface area contributed by atoms with Crippen molar-refractivity contribution in [3.8, 4) is 0 Å². The molecule has 2 saturated heterocycles. The van der Waals surface area contributed by atoms with Crippen molar-refractivity contribution < 1.29 is 14.5 Å². The molecule has 2 aromatic rings. The summed E-state index contributed by atoms with van der Waals surface area (Å²) in [6.45, 7) is 4.68. The number of hydrogen-bond donors (Lipinski definition) is 0. The standard InChI is InChI=1S/C21H22Cl2N4O4/c22-18-3-1-15(14-19(18)23)24-5-7-26(8-6-24)21(28)17-13-16(27(29)30)2-4-20(17)25-9-11-31-12-10-25/h1-4,13-14H,5-12H2. The second-order valence-corrected chi connectivity index (χ2v) is 8.25. The Labute approximate surface area is 190 Å². The zero-order valence-electron chi connectivity index (χ0n) is 16.8. The SMILES string of the molecule is O=C(c1cc([N+](=O)[O-])ccc1N1CCOCC1)N1CCN(c2ccc(Cl)c(Cl)c2)CC1. The quantitative estimate of drug-likeness (QED) is 0.506. The fourth-order valence-electron chi connectivity index (χ4n) is 3.91. The summed E-state index contributed by atoms with van der Waals surface area (Å²) in [5.41, 5.74) is 1.94. The first kappa shape index (κ1) is 21.7. The number of hydrogen-bond acceptors (Lipinski definition) is 6. The number of piperazine rings is 1. The van der Waals surface area contributed by atoms with Crippen molar-refractivity contribution in [3.05, 3.63) is 62.1 Å². The Balaban J connectivity index is 1.53. The second kappa shape index (κ2) is 9.30. The van der Waals surface area contributed by atoms with Crippen molar-refractivity contribution in [2.24, 2.45) is 0 Å². The van der Waals surface area contributed by atoms with Gasteiger partial charge in [-0.1, -0.05) is 23.2 Å². The lowest BCUT2D eigenvalue weighted by Crippen LogP contribution is -2.49. The Hall–Kier alpha value is -2.55. The van der Waals surface area contributed by atoms with Crippen molar-refractivity contribution in [3.63, 3.8) is 0 Å². The average Bonchev–Trinajstić information content (AvgIpc) is 2.80. The van der Waals surface area contributed by atoms with Crippen LogP contribution in [-0.4, -0.2) is 68.2 Å². The molecule has 31 heavy (non-hydrogen) atoms. The Bertz CT molecular complexity index is 989. The molecule has 0 aromatic heterocycles. The van der Waals surface area contributed by atoms with Crippen molar-refractivity contribution in [2.75, 3.05) is 62.3 Å². The van der Waals surface area contributed by atoms with E-state index in [2.05, 4.69) is 4.90 Å². The number of rotatable bonds is 4. The second-order valence-electron chi connectivity index (χ2n) is 7.44. The highest BCUT2D eigenvalue weighted by Gasteiger charge is 2.28. The van der Waals surface area contributed by atoms with Crippen molar-refractivity contribution in [1.29, 1.82) is 0 Å². The first-order valence-corrected chi connectivity index (χ1v) is 10.8. The number of amides is 1.